The molecule has 1 amide bonds. The minimum atomic E-state index is -0.537. The average Bonchev–Trinajstić information content (AvgIpc) is 2.57. The number of carbonyl (C=O) groups is 1. The Hall–Kier alpha value is -0.610. The van der Waals surface area contributed by atoms with Crippen LogP contribution in [0.1, 0.15) is 25.7 Å². The summed E-state index contributed by atoms with van der Waals surface area (Å²) < 4.78 is 0. The summed E-state index contributed by atoms with van der Waals surface area (Å²) >= 11 is 0. The molecule has 1 saturated heterocycles. The van der Waals surface area contributed by atoms with E-state index in [1.54, 1.807) is 0 Å². The highest BCUT2D eigenvalue weighted by molar-refractivity contribution is 5.86. The summed E-state index contributed by atoms with van der Waals surface area (Å²) in [4.78, 5) is 14.0. The van der Waals surface area contributed by atoms with E-state index >= 15 is 0 Å². The van der Waals surface area contributed by atoms with Crippen molar-refractivity contribution < 1.29 is 4.79 Å². The van der Waals surface area contributed by atoms with E-state index in [0.29, 0.717) is 5.92 Å². The fourth-order valence-corrected chi connectivity index (χ4v) is 2.39. The van der Waals surface area contributed by atoms with Gasteiger partial charge in [0.1, 0.15) is 0 Å². The van der Waals surface area contributed by atoms with E-state index in [0.717, 1.165) is 38.9 Å². The molecule has 1 aliphatic heterocycles. The normalized spacial score (nSPS) is 29.9. The predicted molar refractivity (Wildman–Crippen MR) is 59.4 cm³/mol. The molecule has 1 heterocycles. The first-order chi connectivity index (χ1) is 7.10. The number of nitrogens with one attached hydrogen (secondary N) is 1. The molecule has 3 N–H and O–H groups in total. The summed E-state index contributed by atoms with van der Waals surface area (Å²) in [5.74, 6) is 0.672. The SMILES string of the molecule is CN1CC[C@@H](CNC(=O)C2(N)CCC2)C1. The summed E-state index contributed by atoms with van der Waals surface area (Å²) in [5.41, 5.74) is 5.40. The molecule has 0 radical (unpaired) electrons. The molecule has 1 saturated carbocycles. The number of hydrogen-bond donors (Lipinski definition) is 2. The third-order valence-corrected chi connectivity index (χ3v) is 3.74. The van der Waals surface area contributed by atoms with E-state index in [9.17, 15) is 4.79 Å². The topological polar surface area (TPSA) is 58.4 Å². The van der Waals surface area contributed by atoms with Gasteiger partial charge in [0.05, 0.1) is 5.54 Å². The number of carbonyl (C=O) groups excluding carboxylic acids is 1. The molecule has 0 unspecified atom stereocenters. The van der Waals surface area contributed by atoms with Gasteiger partial charge >= 0.3 is 0 Å². The molecule has 0 aromatic carbocycles. The van der Waals surface area contributed by atoms with Crippen LogP contribution in [0.3, 0.4) is 0 Å². The lowest BCUT2D eigenvalue weighted by molar-refractivity contribution is -0.129. The van der Waals surface area contributed by atoms with Crippen LogP contribution in [0.25, 0.3) is 0 Å². The Morgan fingerprint density at radius 3 is 2.80 bits per heavy atom. The number of rotatable bonds is 3. The second-order valence-electron chi connectivity index (χ2n) is 5.14. The van der Waals surface area contributed by atoms with E-state index in [1.807, 2.05) is 0 Å². The van der Waals surface area contributed by atoms with Crippen LogP contribution in [0, 0.1) is 5.92 Å². The highest BCUT2D eigenvalue weighted by Gasteiger charge is 2.40. The van der Waals surface area contributed by atoms with Crippen LogP contribution in [0.4, 0.5) is 0 Å². The van der Waals surface area contributed by atoms with Gasteiger partial charge in [-0.25, -0.2) is 0 Å². The third kappa shape index (κ3) is 2.32. The first-order valence-electron chi connectivity index (χ1n) is 5.86. The largest absolute Gasteiger partial charge is 0.354 e. The number of nitrogens with zero attached hydrogens (tertiary/aromatic N) is 1. The molecule has 2 aliphatic rings. The molecular weight excluding hydrogens is 190 g/mol. The average molecular weight is 211 g/mol. The summed E-state index contributed by atoms with van der Waals surface area (Å²) in [6.45, 7) is 3.04. The Kier molecular flexibility index (Phi) is 2.98. The molecule has 4 heteroatoms. The molecule has 0 aromatic rings. The fourth-order valence-electron chi connectivity index (χ4n) is 2.39. The number of likely N-dealkylation sites (tertiary alicyclic amines) is 1. The van der Waals surface area contributed by atoms with E-state index in [2.05, 4.69) is 17.3 Å². The molecule has 15 heavy (non-hydrogen) atoms. The molecule has 0 aromatic heterocycles. The Balaban J connectivity index is 1.71. The minimum Gasteiger partial charge on any atom is -0.354 e. The number of amides is 1. The lowest BCUT2D eigenvalue weighted by Crippen LogP contribution is -2.59. The van der Waals surface area contributed by atoms with Gasteiger partial charge in [-0.15, -0.1) is 0 Å². The summed E-state index contributed by atoms with van der Waals surface area (Å²) in [6.07, 6.45) is 3.98. The first kappa shape index (κ1) is 10.9. The van der Waals surface area contributed by atoms with Crippen molar-refractivity contribution in [1.29, 1.82) is 0 Å². The van der Waals surface area contributed by atoms with Crippen molar-refractivity contribution in [2.75, 3.05) is 26.7 Å². The molecule has 2 rings (SSSR count). The zero-order valence-corrected chi connectivity index (χ0v) is 9.46. The van der Waals surface area contributed by atoms with Crippen LogP contribution in [0.15, 0.2) is 0 Å². The summed E-state index contributed by atoms with van der Waals surface area (Å²) in [7, 11) is 2.12. The van der Waals surface area contributed by atoms with Crippen molar-refractivity contribution in [3.05, 3.63) is 0 Å². The Morgan fingerprint density at radius 2 is 2.33 bits per heavy atom. The van der Waals surface area contributed by atoms with E-state index < -0.39 is 5.54 Å². The van der Waals surface area contributed by atoms with Crippen LogP contribution in [0.2, 0.25) is 0 Å². The van der Waals surface area contributed by atoms with Crippen molar-refractivity contribution in [2.45, 2.75) is 31.2 Å². The van der Waals surface area contributed by atoms with Crippen LogP contribution in [0.5, 0.6) is 0 Å². The molecule has 1 atom stereocenters. The van der Waals surface area contributed by atoms with Crippen molar-refractivity contribution in [1.82, 2.24) is 10.2 Å². The van der Waals surface area contributed by atoms with Crippen molar-refractivity contribution in [3.63, 3.8) is 0 Å². The monoisotopic (exact) mass is 211 g/mol. The quantitative estimate of drug-likeness (QED) is 0.687. The van der Waals surface area contributed by atoms with Gasteiger partial charge in [-0.3, -0.25) is 4.79 Å². The third-order valence-electron chi connectivity index (χ3n) is 3.74. The van der Waals surface area contributed by atoms with Crippen molar-refractivity contribution in [3.8, 4) is 0 Å². The maximum Gasteiger partial charge on any atom is 0.240 e. The van der Waals surface area contributed by atoms with E-state index in [-0.39, 0.29) is 5.91 Å². The van der Waals surface area contributed by atoms with Crippen LogP contribution >= 0.6 is 0 Å². The predicted octanol–water partition coefficient (Wildman–Crippen LogP) is -0.0643. The zero-order valence-electron chi connectivity index (χ0n) is 9.46. The van der Waals surface area contributed by atoms with Crippen molar-refractivity contribution in [2.24, 2.45) is 11.7 Å². The molecule has 0 spiro atoms. The van der Waals surface area contributed by atoms with Crippen LogP contribution < -0.4 is 11.1 Å². The van der Waals surface area contributed by atoms with Gasteiger partial charge in [0.15, 0.2) is 0 Å². The van der Waals surface area contributed by atoms with Gasteiger partial charge in [0.2, 0.25) is 5.91 Å². The standard InChI is InChI=1S/C11H21N3O/c1-14-6-3-9(8-14)7-13-10(15)11(12)4-2-5-11/h9H,2-8,12H2,1H3,(H,13,15)/t9-/m0/s1. The zero-order chi connectivity index (χ0) is 10.9. The summed E-state index contributed by atoms with van der Waals surface area (Å²) in [6, 6.07) is 0. The van der Waals surface area contributed by atoms with Crippen LogP contribution in [-0.4, -0.2) is 43.0 Å². The second kappa shape index (κ2) is 4.10. The Labute approximate surface area is 91.2 Å². The lowest BCUT2D eigenvalue weighted by atomic mass is 9.77. The van der Waals surface area contributed by atoms with E-state index in [4.69, 9.17) is 5.73 Å². The molecule has 86 valence electrons. The minimum absolute atomic E-state index is 0.0586. The number of hydrogen-bond acceptors (Lipinski definition) is 3. The molecule has 0 bridgehead atoms. The van der Waals surface area contributed by atoms with Gasteiger partial charge in [-0.05, 0) is 45.2 Å². The number of nitrogens with two attached hydrogens (primary N) is 1. The van der Waals surface area contributed by atoms with Gasteiger partial charge in [-0.1, -0.05) is 0 Å². The van der Waals surface area contributed by atoms with Crippen LogP contribution in [-0.2, 0) is 4.79 Å². The van der Waals surface area contributed by atoms with Crippen molar-refractivity contribution >= 4 is 5.91 Å². The maximum absolute atomic E-state index is 11.7. The molecule has 2 fully saturated rings. The Bertz CT molecular complexity index is 250. The Morgan fingerprint density at radius 1 is 1.60 bits per heavy atom. The summed E-state index contributed by atoms with van der Waals surface area (Å²) in [5, 5.41) is 3.00. The lowest BCUT2D eigenvalue weighted by Gasteiger charge is -2.36. The highest BCUT2D eigenvalue weighted by atomic mass is 16.2. The molecule has 4 nitrogen and oxygen atoms in total. The molecular formula is C11H21N3O. The highest BCUT2D eigenvalue weighted by Crippen LogP contribution is 2.29. The second-order valence-corrected chi connectivity index (χ2v) is 5.14. The maximum atomic E-state index is 11.7. The van der Waals surface area contributed by atoms with Gasteiger partial charge in [-0.2, -0.15) is 0 Å². The first-order valence-corrected chi connectivity index (χ1v) is 5.86. The van der Waals surface area contributed by atoms with Gasteiger partial charge in [0.25, 0.3) is 0 Å². The van der Waals surface area contributed by atoms with Gasteiger partial charge in [0, 0.05) is 13.1 Å². The van der Waals surface area contributed by atoms with Gasteiger partial charge < -0.3 is 16.0 Å². The fraction of sp³-hybridized carbons (Fsp3) is 0.909. The molecule has 1 aliphatic carbocycles. The smallest absolute Gasteiger partial charge is 0.240 e. The van der Waals surface area contributed by atoms with E-state index in [1.165, 1.54) is 6.42 Å².